The predicted octanol–water partition coefficient (Wildman–Crippen LogP) is 2.30. The lowest BCUT2D eigenvalue weighted by molar-refractivity contribution is 0.759. The first-order chi connectivity index (χ1) is 5.13. The van der Waals surface area contributed by atoms with Gasteiger partial charge in [-0.1, -0.05) is 27.7 Å². The minimum absolute atomic E-state index is 0. The first kappa shape index (κ1) is 8.24. The van der Waals surface area contributed by atoms with E-state index in [2.05, 4.69) is 43.1 Å². The average molecular weight is 155 g/mol. The molecule has 0 saturated carbocycles. The third-order valence-electron chi connectivity index (χ3n) is 1.70. The molecular weight excluding hydrogens is 138 g/mol. The topological polar surface area (TPSA) is 41.6 Å². The summed E-state index contributed by atoms with van der Waals surface area (Å²) in [5.74, 6) is 0.928. The number of nitrogens with one attached hydrogen (secondary N) is 1. The summed E-state index contributed by atoms with van der Waals surface area (Å²) in [4.78, 5) is 0. The van der Waals surface area contributed by atoms with Crippen LogP contribution in [0.15, 0.2) is 0 Å². The summed E-state index contributed by atoms with van der Waals surface area (Å²) in [5, 5.41) is 10.9. The Morgan fingerprint density at radius 1 is 1.00 bits per heavy atom. The van der Waals surface area contributed by atoms with Crippen molar-refractivity contribution in [2.45, 2.75) is 39.5 Å². The standard InChI is InChI=1S/C8H15N3.H2/c1-5(2)7-8(6(3)4)10-11-9-7;/h5-6H,1-4H3,(H,9,10,11);1H. The zero-order valence-corrected chi connectivity index (χ0v) is 7.55. The Morgan fingerprint density at radius 2 is 1.36 bits per heavy atom. The molecule has 0 saturated heterocycles. The first-order valence-electron chi connectivity index (χ1n) is 4.03. The maximum Gasteiger partial charge on any atom is 0.0884 e. The summed E-state index contributed by atoms with van der Waals surface area (Å²) < 4.78 is 0. The summed E-state index contributed by atoms with van der Waals surface area (Å²) in [6, 6.07) is 0. The molecule has 0 atom stereocenters. The van der Waals surface area contributed by atoms with Gasteiger partial charge in [0.05, 0.1) is 11.4 Å². The quantitative estimate of drug-likeness (QED) is 0.712. The molecule has 1 aromatic heterocycles. The summed E-state index contributed by atoms with van der Waals surface area (Å²) in [6.45, 7) is 8.51. The molecule has 3 heteroatoms. The second-order valence-corrected chi connectivity index (χ2v) is 3.40. The molecule has 0 fully saturated rings. The van der Waals surface area contributed by atoms with E-state index in [1.165, 1.54) is 0 Å². The molecule has 1 heterocycles. The van der Waals surface area contributed by atoms with Crippen molar-refractivity contribution in [3.8, 4) is 0 Å². The van der Waals surface area contributed by atoms with Gasteiger partial charge in [-0.2, -0.15) is 15.4 Å². The molecule has 0 aliphatic carbocycles. The molecule has 0 amide bonds. The maximum atomic E-state index is 4.10. The largest absolute Gasteiger partial charge is 0.197 e. The van der Waals surface area contributed by atoms with Gasteiger partial charge in [0.1, 0.15) is 0 Å². The van der Waals surface area contributed by atoms with Gasteiger partial charge in [-0.25, -0.2) is 0 Å². The number of hydrogen-bond acceptors (Lipinski definition) is 2. The predicted molar refractivity (Wildman–Crippen MR) is 46.7 cm³/mol. The molecular formula is C8H17N3. The molecule has 1 aromatic rings. The lowest BCUT2D eigenvalue weighted by Crippen LogP contribution is -1.96. The second-order valence-electron chi connectivity index (χ2n) is 3.40. The average Bonchev–Trinajstić information content (AvgIpc) is 2.32. The Hall–Kier alpha value is -0.860. The number of H-pyrrole nitrogens is 1. The van der Waals surface area contributed by atoms with Crippen molar-refractivity contribution in [3.05, 3.63) is 11.4 Å². The van der Waals surface area contributed by atoms with E-state index in [-0.39, 0.29) is 1.43 Å². The van der Waals surface area contributed by atoms with E-state index in [0.717, 1.165) is 11.4 Å². The van der Waals surface area contributed by atoms with Crippen LogP contribution in [0.4, 0.5) is 0 Å². The van der Waals surface area contributed by atoms with E-state index in [4.69, 9.17) is 0 Å². The summed E-state index contributed by atoms with van der Waals surface area (Å²) in [5.41, 5.74) is 2.19. The van der Waals surface area contributed by atoms with Crippen LogP contribution in [0.2, 0.25) is 0 Å². The fraction of sp³-hybridized carbons (Fsp3) is 0.750. The van der Waals surface area contributed by atoms with Crippen LogP contribution in [0.5, 0.6) is 0 Å². The van der Waals surface area contributed by atoms with Crippen molar-refractivity contribution in [2.24, 2.45) is 0 Å². The van der Waals surface area contributed by atoms with Gasteiger partial charge in [-0.05, 0) is 11.8 Å². The molecule has 11 heavy (non-hydrogen) atoms. The minimum atomic E-state index is 0. The molecule has 0 aliphatic rings. The molecule has 0 unspecified atom stereocenters. The van der Waals surface area contributed by atoms with Crippen molar-refractivity contribution in [3.63, 3.8) is 0 Å². The molecule has 0 aromatic carbocycles. The number of hydrogen-bond donors (Lipinski definition) is 1. The number of aromatic amines is 1. The van der Waals surface area contributed by atoms with Crippen LogP contribution in [0.1, 0.15) is 52.3 Å². The van der Waals surface area contributed by atoms with Gasteiger partial charge in [-0.15, -0.1) is 0 Å². The molecule has 64 valence electrons. The molecule has 1 rings (SSSR count). The van der Waals surface area contributed by atoms with Crippen LogP contribution < -0.4 is 0 Å². The van der Waals surface area contributed by atoms with Gasteiger partial charge in [0.15, 0.2) is 0 Å². The molecule has 0 radical (unpaired) electrons. The van der Waals surface area contributed by atoms with Crippen LogP contribution >= 0.6 is 0 Å². The van der Waals surface area contributed by atoms with Crippen molar-refractivity contribution in [1.29, 1.82) is 0 Å². The van der Waals surface area contributed by atoms with Crippen LogP contribution in [0.25, 0.3) is 0 Å². The van der Waals surface area contributed by atoms with E-state index >= 15 is 0 Å². The zero-order chi connectivity index (χ0) is 8.43. The number of rotatable bonds is 2. The fourth-order valence-corrected chi connectivity index (χ4v) is 1.10. The first-order valence-corrected chi connectivity index (χ1v) is 4.03. The second kappa shape index (κ2) is 3.03. The summed E-state index contributed by atoms with van der Waals surface area (Å²) in [7, 11) is 0. The number of nitrogens with zero attached hydrogens (tertiary/aromatic N) is 2. The van der Waals surface area contributed by atoms with Gasteiger partial charge in [-0.3, -0.25) is 0 Å². The lowest BCUT2D eigenvalue weighted by Gasteiger charge is -2.04. The van der Waals surface area contributed by atoms with E-state index in [0.29, 0.717) is 11.8 Å². The van der Waals surface area contributed by atoms with E-state index < -0.39 is 0 Å². The van der Waals surface area contributed by atoms with Gasteiger partial charge in [0, 0.05) is 1.43 Å². The Balaban J connectivity index is 0.00000121. The van der Waals surface area contributed by atoms with Crippen molar-refractivity contribution in [1.82, 2.24) is 15.4 Å². The lowest BCUT2D eigenvalue weighted by atomic mass is 10.0. The van der Waals surface area contributed by atoms with Gasteiger partial charge in [0.25, 0.3) is 0 Å². The smallest absolute Gasteiger partial charge is 0.0884 e. The zero-order valence-electron chi connectivity index (χ0n) is 7.55. The molecule has 1 N–H and O–H groups in total. The SMILES string of the molecule is CC(C)c1n[nH]nc1C(C)C.[HH]. The van der Waals surface area contributed by atoms with E-state index in [1.807, 2.05) is 0 Å². The number of aromatic nitrogens is 3. The highest BCUT2D eigenvalue weighted by molar-refractivity contribution is 5.15. The third-order valence-corrected chi connectivity index (χ3v) is 1.70. The highest BCUT2D eigenvalue weighted by Gasteiger charge is 2.13. The Morgan fingerprint density at radius 3 is 1.64 bits per heavy atom. The normalized spacial score (nSPS) is 11.5. The molecule has 0 aliphatic heterocycles. The Kier molecular flexibility index (Phi) is 2.27. The van der Waals surface area contributed by atoms with Crippen molar-refractivity contribution >= 4 is 0 Å². The summed E-state index contributed by atoms with van der Waals surface area (Å²) >= 11 is 0. The molecule has 0 bridgehead atoms. The molecule has 0 spiro atoms. The van der Waals surface area contributed by atoms with Crippen molar-refractivity contribution < 1.29 is 1.43 Å². The minimum Gasteiger partial charge on any atom is -0.197 e. The third kappa shape index (κ3) is 1.59. The van der Waals surface area contributed by atoms with Crippen LogP contribution in [-0.4, -0.2) is 15.4 Å². The molecule has 3 nitrogen and oxygen atoms in total. The van der Waals surface area contributed by atoms with Crippen LogP contribution in [0.3, 0.4) is 0 Å². The van der Waals surface area contributed by atoms with E-state index in [9.17, 15) is 0 Å². The van der Waals surface area contributed by atoms with Gasteiger partial charge >= 0.3 is 0 Å². The maximum absolute atomic E-state index is 4.10. The summed E-state index contributed by atoms with van der Waals surface area (Å²) in [6.07, 6.45) is 0. The highest BCUT2D eigenvalue weighted by Crippen LogP contribution is 2.20. The highest BCUT2D eigenvalue weighted by atomic mass is 15.3. The monoisotopic (exact) mass is 155 g/mol. The van der Waals surface area contributed by atoms with Crippen molar-refractivity contribution in [2.75, 3.05) is 0 Å². The van der Waals surface area contributed by atoms with Crippen LogP contribution in [0, 0.1) is 0 Å². The van der Waals surface area contributed by atoms with Gasteiger partial charge < -0.3 is 0 Å². The Labute approximate surface area is 68.7 Å². The van der Waals surface area contributed by atoms with Gasteiger partial charge in [0.2, 0.25) is 0 Å². The Bertz CT molecular complexity index is 207. The van der Waals surface area contributed by atoms with E-state index in [1.54, 1.807) is 0 Å². The van der Waals surface area contributed by atoms with Crippen LogP contribution in [-0.2, 0) is 0 Å². The fourth-order valence-electron chi connectivity index (χ4n) is 1.10.